The molecule has 0 amide bonds. The van der Waals surface area contributed by atoms with Crippen LogP contribution in [-0.2, 0) is 9.53 Å². The van der Waals surface area contributed by atoms with Crippen molar-refractivity contribution < 1.29 is 9.53 Å². The van der Waals surface area contributed by atoms with Crippen LogP contribution in [0.2, 0.25) is 0 Å². The van der Waals surface area contributed by atoms with Crippen molar-refractivity contribution in [1.82, 2.24) is 5.32 Å². The summed E-state index contributed by atoms with van der Waals surface area (Å²) in [5, 5.41) is 3.49. The number of hydrogen-bond donors (Lipinski definition) is 1. The van der Waals surface area contributed by atoms with Crippen molar-refractivity contribution >= 4 is 5.97 Å². The Labute approximate surface area is 78.8 Å². The van der Waals surface area contributed by atoms with Gasteiger partial charge in [-0.25, -0.2) is 0 Å². The van der Waals surface area contributed by atoms with Gasteiger partial charge in [0.2, 0.25) is 0 Å². The Kier molecular flexibility index (Phi) is 2.28. The van der Waals surface area contributed by atoms with E-state index in [0.29, 0.717) is 12.1 Å². The molecule has 1 N–H and O–H groups in total. The average Bonchev–Trinajstić information content (AvgIpc) is 2.85. The van der Waals surface area contributed by atoms with E-state index in [1.165, 1.54) is 12.8 Å². The second-order valence-corrected chi connectivity index (χ2v) is 4.15. The minimum atomic E-state index is 0.00951. The highest BCUT2D eigenvalue weighted by molar-refractivity contribution is 5.72. The van der Waals surface area contributed by atoms with E-state index in [9.17, 15) is 4.79 Å². The third-order valence-electron chi connectivity index (χ3n) is 3.10. The molecule has 0 aromatic heterocycles. The van der Waals surface area contributed by atoms with E-state index in [0.717, 1.165) is 19.4 Å². The first-order valence-electron chi connectivity index (χ1n) is 5.17. The van der Waals surface area contributed by atoms with E-state index in [1.807, 2.05) is 6.92 Å². The zero-order valence-corrected chi connectivity index (χ0v) is 8.14. The number of carbonyl (C=O) groups is 1. The molecule has 3 heteroatoms. The number of rotatable bonds is 2. The molecule has 1 atom stereocenters. The summed E-state index contributed by atoms with van der Waals surface area (Å²) < 4.78 is 5.04. The third kappa shape index (κ3) is 1.85. The molecule has 13 heavy (non-hydrogen) atoms. The summed E-state index contributed by atoms with van der Waals surface area (Å²) in [6.45, 7) is 3.35. The molecule has 1 spiro atoms. The molecule has 1 unspecified atom stereocenters. The molecule has 1 heterocycles. The predicted molar refractivity (Wildman–Crippen MR) is 49.3 cm³/mol. The van der Waals surface area contributed by atoms with Gasteiger partial charge in [0, 0.05) is 5.54 Å². The Hall–Kier alpha value is -0.570. The van der Waals surface area contributed by atoms with Gasteiger partial charge < -0.3 is 10.1 Å². The first-order chi connectivity index (χ1) is 6.26. The zero-order chi connectivity index (χ0) is 9.31. The molecular weight excluding hydrogens is 166 g/mol. The van der Waals surface area contributed by atoms with Crippen LogP contribution in [0.4, 0.5) is 0 Å². The largest absolute Gasteiger partial charge is 0.466 e. The van der Waals surface area contributed by atoms with Crippen molar-refractivity contribution in [3.8, 4) is 0 Å². The second-order valence-electron chi connectivity index (χ2n) is 4.15. The number of ether oxygens (including phenoxy) is 1. The quantitative estimate of drug-likeness (QED) is 0.651. The fourth-order valence-corrected chi connectivity index (χ4v) is 2.15. The zero-order valence-electron chi connectivity index (χ0n) is 8.14. The number of esters is 1. The van der Waals surface area contributed by atoms with E-state index in [2.05, 4.69) is 5.32 Å². The smallest absolute Gasteiger partial charge is 0.309 e. The summed E-state index contributed by atoms with van der Waals surface area (Å²) in [5.41, 5.74) is 0.329. The SMILES string of the molecule is CCOC(=O)C1CCNC2(CC2)C1. The fourth-order valence-electron chi connectivity index (χ4n) is 2.15. The van der Waals surface area contributed by atoms with Crippen LogP contribution in [0.25, 0.3) is 0 Å². The monoisotopic (exact) mass is 183 g/mol. The lowest BCUT2D eigenvalue weighted by Gasteiger charge is -2.28. The molecule has 0 radical (unpaired) electrons. The molecule has 1 aliphatic carbocycles. The summed E-state index contributed by atoms with van der Waals surface area (Å²) in [6, 6.07) is 0. The van der Waals surface area contributed by atoms with E-state index in [-0.39, 0.29) is 11.9 Å². The van der Waals surface area contributed by atoms with Crippen LogP contribution >= 0.6 is 0 Å². The summed E-state index contributed by atoms with van der Waals surface area (Å²) in [5.74, 6) is 0.166. The molecule has 0 aromatic carbocycles. The van der Waals surface area contributed by atoms with Crippen LogP contribution in [0.5, 0.6) is 0 Å². The lowest BCUT2D eigenvalue weighted by Crippen LogP contribution is -2.42. The van der Waals surface area contributed by atoms with Gasteiger partial charge in [-0.2, -0.15) is 0 Å². The minimum Gasteiger partial charge on any atom is -0.466 e. The molecule has 3 nitrogen and oxygen atoms in total. The summed E-state index contributed by atoms with van der Waals surface area (Å²) in [6.07, 6.45) is 4.41. The van der Waals surface area contributed by atoms with Crippen LogP contribution in [-0.4, -0.2) is 24.7 Å². The molecule has 2 fully saturated rings. The van der Waals surface area contributed by atoms with Crippen molar-refractivity contribution in [2.75, 3.05) is 13.2 Å². The van der Waals surface area contributed by atoms with Gasteiger partial charge in [-0.05, 0) is 39.2 Å². The number of hydrogen-bond acceptors (Lipinski definition) is 3. The Bertz CT molecular complexity index is 211. The number of carbonyl (C=O) groups excluding carboxylic acids is 1. The maximum Gasteiger partial charge on any atom is 0.309 e. The highest BCUT2D eigenvalue weighted by Gasteiger charge is 2.47. The maximum atomic E-state index is 11.5. The fraction of sp³-hybridized carbons (Fsp3) is 0.900. The topological polar surface area (TPSA) is 38.3 Å². The molecule has 0 bridgehead atoms. The van der Waals surface area contributed by atoms with E-state index >= 15 is 0 Å². The predicted octanol–water partition coefficient (Wildman–Crippen LogP) is 1.08. The van der Waals surface area contributed by atoms with Gasteiger partial charge in [0.1, 0.15) is 0 Å². The Morgan fingerprint density at radius 2 is 2.38 bits per heavy atom. The number of nitrogens with one attached hydrogen (secondary N) is 1. The molecule has 1 aliphatic heterocycles. The van der Waals surface area contributed by atoms with Gasteiger partial charge in [0.25, 0.3) is 0 Å². The molecular formula is C10H17NO2. The lowest BCUT2D eigenvalue weighted by molar-refractivity contribution is -0.149. The molecule has 2 aliphatic rings. The van der Waals surface area contributed by atoms with E-state index in [1.54, 1.807) is 0 Å². The van der Waals surface area contributed by atoms with Gasteiger partial charge in [-0.15, -0.1) is 0 Å². The maximum absolute atomic E-state index is 11.5. The Morgan fingerprint density at radius 1 is 1.62 bits per heavy atom. The van der Waals surface area contributed by atoms with Gasteiger partial charge in [-0.3, -0.25) is 4.79 Å². The molecule has 74 valence electrons. The molecule has 0 aromatic rings. The molecule has 2 rings (SSSR count). The normalized spacial score (nSPS) is 30.1. The Morgan fingerprint density at radius 3 is 3.00 bits per heavy atom. The third-order valence-corrected chi connectivity index (χ3v) is 3.10. The second kappa shape index (κ2) is 3.29. The van der Waals surface area contributed by atoms with Crippen LogP contribution in [0, 0.1) is 5.92 Å². The van der Waals surface area contributed by atoms with Crippen molar-refractivity contribution in [1.29, 1.82) is 0 Å². The lowest BCUT2D eigenvalue weighted by atomic mass is 9.91. The van der Waals surface area contributed by atoms with E-state index < -0.39 is 0 Å². The van der Waals surface area contributed by atoms with Gasteiger partial charge in [0.05, 0.1) is 12.5 Å². The minimum absolute atomic E-state index is 0.00951. The summed E-state index contributed by atoms with van der Waals surface area (Å²) in [7, 11) is 0. The van der Waals surface area contributed by atoms with Crippen LogP contribution in [0.1, 0.15) is 32.6 Å². The van der Waals surface area contributed by atoms with E-state index in [4.69, 9.17) is 4.74 Å². The highest BCUT2D eigenvalue weighted by atomic mass is 16.5. The molecule has 1 saturated carbocycles. The highest BCUT2D eigenvalue weighted by Crippen LogP contribution is 2.44. The van der Waals surface area contributed by atoms with Crippen molar-refractivity contribution in [3.63, 3.8) is 0 Å². The standard InChI is InChI=1S/C10H17NO2/c1-2-13-9(12)8-3-6-11-10(7-8)4-5-10/h8,11H,2-7H2,1H3. The van der Waals surface area contributed by atoms with Gasteiger partial charge >= 0.3 is 5.97 Å². The van der Waals surface area contributed by atoms with Crippen molar-refractivity contribution in [2.45, 2.75) is 38.1 Å². The first kappa shape index (κ1) is 9.00. The van der Waals surface area contributed by atoms with Crippen LogP contribution < -0.4 is 5.32 Å². The number of piperidine rings is 1. The summed E-state index contributed by atoms with van der Waals surface area (Å²) >= 11 is 0. The van der Waals surface area contributed by atoms with Crippen LogP contribution in [0.15, 0.2) is 0 Å². The van der Waals surface area contributed by atoms with Gasteiger partial charge in [-0.1, -0.05) is 0 Å². The van der Waals surface area contributed by atoms with Gasteiger partial charge in [0.15, 0.2) is 0 Å². The first-order valence-corrected chi connectivity index (χ1v) is 5.17. The average molecular weight is 183 g/mol. The molecule has 1 saturated heterocycles. The van der Waals surface area contributed by atoms with Crippen LogP contribution in [0.3, 0.4) is 0 Å². The summed E-state index contributed by atoms with van der Waals surface area (Å²) in [4.78, 5) is 11.5. The van der Waals surface area contributed by atoms with Crippen molar-refractivity contribution in [3.05, 3.63) is 0 Å². The Balaban J connectivity index is 1.88. The van der Waals surface area contributed by atoms with Crippen molar-refractivity contribution in [2.24, 2.45) is 5.92 Å².